The molecule has 3 nitrogen and oxygen atoms in total. The fourth-order valence-corrected chi connectivity index (χ4v) is 4.41. The van der Waals surface area contributed by atoms with Crippen molar-refractivity contribution in [2.75, 3.05) is 32.8 Å². The Labute approximate surface area is 141 Å². The summed E-state index contributed by atoms with van der Waals surface area (Å²) < 4.78 is 6.71. The average molecular weight is 375 g/mol. The second-order valence-corrected chi connectivity index (χ2v) is 8.11. The number of ether oxygens (including phenoxy) is 1. The molecule has 1 aromatic heterocycles. The highest BCUT2D eigenvalue weighted by Gasteiger charge is 2.36. The van der Waals surface area contributed by atoms with Gasteiger partial charge in [0.2, 0.25) is 0 Å². The predicted octanol–water partition coefficient (Wildman–Crippen LogP) is 3.53. The molecule has 0 amide bonds. The van der Waals surface area contributed by atoms with E-state index in [0.29, 0.717) is 6.04 Å². The quantitative estimate of drug-likeness (QED) is 0.789. The van der Waals surface area contributed by atoms with Crippen LogP contribution in [0.5, 0.6) is 0 Å². The number of rotatable bonds is 7. The van der Waals surface area contributed by atoms with Gasteiger partial charge in [0.1, 0.15) is 0 Å². The highest BCUT2D eigenvalue weighted by molar-refractivity contribution is 9.10. The second-order valence-electron chi connectivity index (χ2n) is 6.20. The number of nitrogens with zero attached hydrogens (tertiary/aromatic N) is 1. The van der Waals surface area contributed by atoms with Crippen LogP contribution in [0.2, 0.25) is 0 Å². The Kier molecular flexibility index (Phi) is 6.69. The van der Waals surface area contributed by atoms with Crippen molar-refractivity contribution in [1.82, 2.24) is 10.2 Å². The van der Waals surface area contributed by atoms with Crippen LogP contribution in [-0.4, -0.2) is 49.3 Å². The van der Waals surface area contributed by atoms with Crippen LogP contribution < -0.4 is 5.32 Å². The van der Waals surface area contributed by atoms with Crippen molar-refractivity contribution in [3.63, 3.8) is 0 Å². The van der Waals surface area contributed by atoms with Gasteiger partial charge in [-0.3, -0.25) is 4.90 Å². The number of hydrogen-bond donors (Lipinski definition) is 1. The molecule has 1 N–H and O–H groups in total. The number of nitrogens with one attached hydrogen (secondary N) is 1. The SMILES string of the molecule is CCCNC(Cc1cc(Br)cs1)C(C)(C)N1CCOCC1. The van der Waals surface area contributed by atoms with E-state index in [9.17, 15) is 0 Å². The van der Waals surface area contributed by atoms with Crippen LogP contribution in [0, 0.1) is 0 Å². The molecule has 21 heavy (non-hydrogen) atoms. The minimum atomic E-state index is 0.134. The average Bonchev–Trinajstić information content (AvgIpc) is 2.89. The highest BCUT2D eigenvalue weighted by Crippen LogP contribution is 2.27. The van der Waals surface area contributed by atoms with E-state index in [1.54, 1.807) is 0 Å². The summed E-state index contributed by atoms with van der Waals surface area (Å²) >= 11 is 5.41. The van der Waals surface area contributed by atoms with Gasteiger partial charge in [0.15, 0.2) is 0 Å². The van der Waals surface area contributed by atoms with Gasteiger partial charge >= 0.3 is 0 Å². The Bertz CT molecular complexity index is 430. The smallest absolute Gasteiger partial charge is 0.0594 e. The lowest BCUT2D eigenvalue weighted by molar-refractivity contribution is -0.0231. The second kappa shape index (κ2) is 8.06. The van der Waals surface area contributed by atoms with Gasteiger partial charge in [-0.1, -0.05) is 6.92 Å². The van der Waals surface area contributed by atoms with E-state index >= 15 is 0 Å². The first-order valence-corrected chi connectivity index (χ1v) is 9.50. The molecule has 2 heterocycles. The maximum atomic E-state index is 5.51. The van der Waals surface area contributed by atoms with Gasteiger partial charge in [0.25, 0.3) is 0 Å². The fraction of sp³-hybridized carbons (Fsp3) is 0.750. The lowest BCUT2D eigenvalue weighted by Crippen LogP contribution is -2.61. The lowest BCUT2D eigenvalue weighted by atomic mass is 9.88. The Hall–Kier alpha value is 0.0600. The molecular weight excluding hydrogens is 348 g/mol. The van der Waals surface area contributed by atoms with Crippen molar-refractivity contribution in [1.29, 1.82) is 0 Å². The minimum Gasteiger partial charge on any atom is -0.379 e. The van der Waals surface area contributed by atoms with Crippen LogP contribution in [0.25, 0.3) is 0 Å². The van der Waals surface area contributed by atoms with Crippen LogP contribution in [0.4, 0.5) is 0 Å². The molecular formula is C16H27BrN2OS. The topological polar surface area (TPSA) is 24.5 Å². The van der Waals surface area contributed by atoms with Crippen molar-refractivity contribution in [3.05, 3.63) is 20.8 Å². The zero-order chi connectivity index (χ0) is 15.3. The van der Waals surface area contributed by atoms with Gasteiger partial charge in [0.05, 0.1) is 13.2 Å². The summed E-state index contributed by atoms with van der Waals surface area (Å²) in [5.41, 5.74) is 0.134. The predicted molar refractivity (Wildman–Crippen MR) is 94.3 cm³/mol. The third-order valence-electron chi connectivity index (χ3n) is 4.35. The van der Waals surface area contributed by atoms with Gasteiger partial charge in [-0.05, 0) is 55.2 Å². The summed E-state index contributed by atoms with van der Waals surface area (Å²) in [7, 11) is 0. The van der Waals surface area contributed by atoms with Gasteiger partial charge in [-0.25, -0.2) is 0 Å². The van der Waals surface area contributed by atoms with Gasteiger partial charge in [0, 0.05) is 39.4 Å². The molecule has 120 valence electrons. The molecule has 0 radical (unpaired) electrons. The van der Waals surface area contributed by atoms with Gasteiger partial charge in [-0.2, -0.15) is 0 Å². The molecule has 0 spiro atoms. The van der Waals surface area contributed by atoms with Crippen molar-refractivity contribution in [2.45, 2.75) is 45.2 Å². The molecule has 0 bridgehead atoms. The molecule has 0 aliphatic carbocycles. The van der Waals surface area contributed by atoms with E-state index in [0.717, 1.165) is 39.3 Å². The lowest BCUT2D eigenvalue weighted by Gasteiger charge is -2.46. The summed E-state index contributed by atoms with van der Waals surface area (Å²) in [4.78, 5) is 4.02. The van der Waals surface area contributed by atoms with E-state index < -0.39 is 0 Å². The third kappa shape index (κ3) is 4.76. The molecule has 1 atom stereocenters. The molecule has 0 saturated carbocycles. The Morgan fingerprint density at radius 1 is 1.43 bits per heavy atom. The van der Waals surface area contributed by atoms with Crippen molar-refractivity contribution < 1.29 is 4.74 Å². The largest absolute Gasteiger partial charge is 0.379 e. The Morgan fingerprint density at radius 3 is 2.71 bits per heavy atom. The fourth-order valence-electron chi connectivity index (χ4n) is 2.91. The molecule has 5 heteroatoms. The number of hydrogen-bond acceptors (Lipinski definition) is 4. The normalized spacial score (nSPS) is 18.9. The summed E-state index contributed by atoms with van der Waals surface area (Å²) in [6.45, 7) is 11.8. The van der Waals surface area contributed by atoms with Crippen molar-refractivity contribution in [3.8, 4) is 0 Å². The van der Waals surface area contributed by atoms with Crippen LogP contribution in [-0.2, 0) is 11.2 Å². The van der Waals surface area contributed by atoms with Gasteiger partial charge in [-0.15, -0.1) is 11.3 Å². The minimum absolute atomic E-state index is 0.134. The number of thiophene rings is 1. The zero-order valence-electron chi connectivity index (χ0n) is 13.3. The van der Waals surface area contributed by atoms with Gasteiger partial charge < -0.3 is 10.1 Å². The van der Waals surface area contributed by atoms with Crippen LogP contribution >= 0.6 is 27.3 Å². The van der Waals surface area contributed by atoms with E-state index in [1.807, 2.05) is 11.3 Å². The zero-order valence-corrected chi connectivity index (χ0v) is 15.7. The summed E-state index contributed by atoms with van der Waals surface area (Å²) in [6.07, 6.45) is 2.25. The van der Waals surface area contributed by atoms with Crippen molar-refractivity contribution in [2.24, 2.45) is 0 Å². The maximum absolute atomic E-state index is 5.51. The molecule has 1 aliphatic heterocycles. The number of halogens is 1. The molecule has 1 fully saturated rings. The molecule has 2 rings (SSSR count). The van der Waals surface area contributed by atoms with E-state index in [-0.39, 0.29) is 5.54 Å². The van der Waals surface area contributed by atoms with Crippen LogP contribution in [0.15, 0.2) is 15.9 Å². The highest BCUT2D eigenvalue weighted by atomic mass is 79.9. The van der Waals surface area contributed by atoms with E-state index in [1.165, 1.54) is 15.8 Å². The standard InChI is InChI=1S/C16H27BrN2OS/c1-4-5-18-15(11-14-10-13(17)12-21-14)16(2,3)19-6-8-20-9-7-19/h10,12,15,18H,4-9,11H2,1-3H3. The van der Waals surface area contributed by atoms with E-state index in [4.69, 9.17) is 4.74 Å². The molecule has 1 saturated heterocycles. The monoisotopic (exact) mass is 374 g/mol. The molecule has 0 aromatic carbocycles. The maximum Gasteiger partial charge on any atom is 0.0594 e. The van der Waals surface area contributed by atoms with Crippen LogP contribution in [0.3, 0.4) is 0 Å². The number of morpholine rings is 1. The van der Waals surface area contributed by atoms with E-state index in [2.05, 4.69) is 58.4 Å². The Morgan fingerprint density at radius 2 is 2.14 bits per heavy atom. The molecule has 1 unspecified atom stereocenters. The first-order chi connectivity index (χ1) is 10.0. The first-order valence-electron chi connectivity index (χ1n) is 7.83. The summed E-state index contributed by atoms with van der Waals surface area (Å²) in [6, 6.07) is 2.71. The molecule has 1 aromatic rings. The Balaban J connectivity index is 2.08. The molecule has 1 aliphatic rings. The third-order valence-corrected chi connectivity index (χ3v) is 6.07. The first kappa shape index (κ1) is 17.4. The summed E-state index contributed by atoms with van der Waals surface area (Å²) in [5, 5.41) is 5.95. The van der Waals surface area contributed by atoms with Crippen molar-refractivity contribution >= 4 is 27.3 Å². The summed E-state index contributed by atoms with van der Waals surface area (Å²) in [5.74, 6) is 0. The van der Waals surface area contributed by atoms with Crippen LogP contribution in [0.1, 0.15) is 32.1 Å².